The van der Waals surface area contributed by atoms with Crippen LogP contribution in [0.5, 0.6) is 0 Å². The third-order valence-electron chi connectivity index (χ3n) is 9.55. The summed E-state index contributed by atoms with van der Waals surface area (Å²) in [7, 11) is -4.59. The Hall–Kier alpha value is -3.09. The van der Waals surface area contributed by atoms with E-state index >= 15 is 0 Å². The van der Waals surface area contributed by atoms with Crippen LogP contribution in [0.3, 0.4) is 0 Å². The fourth-order valence-corrected chi connectivity index (χ4v) is 9.30. The first-order chi connectivity index (χ1) is 20.4. The number of rotatable bonds is 4. The summed E-state index contributed by atoms with van der Waals surface area (Å²) >= 11 is 0. The fourth-order valence-electron chi connectivity index (χ4n) is 8.36. The van der Waals surface area contributed by atoms with Crippen LogP contribution >= 0.6 is 7.82 Å². The van der Waals surface area contributed by atoms with Gasteiger partial charge in [-0.2, -0.15) is 19.4 Å². The summed E-state index contributed by atoms with van der Waals surface area (Å²) in [6.45, 7) is 17.8. The normalized spacial score (nSPS) is 24.1. The minimum atomic E-state index is -4.59. The lowest BCUT2D eigenvalue weighted by Crippen LogP contribution is -2.72. The van der Waals surface area contributed by atoms with E-state index in [-0.39, 0.29) is 0 Å². The molecule has 3 saturated heterocycles. The summed E-state index contributed by atoms with van der Waals surface area (Å²) in [5, 5.41) is 3.61. The second-order valence-corrected chi connectivity index (χ2v) is 13.6. The first kappa shape index (κ1) is 30.0. The number of hydrogen-bond acceptors (Lipinski definition) is 5. The maximum atomic E-state index is 13.9. The predicted molar refractivity (Wildman–Crippen MR) is 171 cm³/mol. The molecule has 0 saturated carbocycles. The SMILES string of the molecule is Cc1cccc(C)c1C1(c2c(C)cccc2C)N2CCN(OP(=O)(O)O2)C1(c1c(C)cccc1C)c1c(C)cccc1C. The van der Waals surface area contributed by atoms with Crippen LogP contribution in [-0.4, -0.2) is 28.1 Å². The van der Waals surface area contributed by atoms with E-state index in [1.165, 1.54) is 0 Å². The molecule has 3 fully saturated rings. The van der Waals surface area contributed by atoms with Gasteiger partial charge in [0.2, 0.25) is 0 Å². The van der Waals surface area contributed by atoms with Crippen LogP contribution in [0.1, 0.15) is 66.8 Å². The summed E-state index contributed by atoms with van der Waals surface area (Å²) in [4.78, 5) is 11.4. The topological polar surface area (TPSA) is 62.2 Å². The Morgan fingerprint density at radius 3 is 0.930 bits per heavy atom. The molecule has 1 N–H and O–H groups in total. The van der Waals surface area contributed by atoms with Crippen LogP contribution in [0.25, 0.3) is 0 Å². The zero-order valence-corrected chi connectivity index (χ0v) is 27.3. The van der Waals surface area contributed by atoms with Crippen molar-refractivity contribution in [1.82, 2.24) is 10.1 Å². The average Bonchev–Trinajstić information content (AvgIpc) is 3.12. The fraction of sp³-hybridized carbons (Fsp3) is 0.333. The van der Waals surface area contributed by atoms with E-state index in [1.54, 1.807) is 10.1 Å². The first-order valence-electron chi connectivity index (χ1n) is 14.9. The van der Waals surface area contributed by atoms with Crippen molar-refractivity contribution in [3.63, 3.8) is 0 Å². The standard InChI is InChI=1S/C36H41N2O4P/c1-23-13-9-14-24(2)31(23)35(32-25(3)15-10-16-26(32)4)36(33-27(5)17-11-18-28(33)6,34-29(7)19-12-20-30(34)8)38-22-21-37(35)41-43(39,40)42-38/h9-20H,21-22H2,1-8H3,(H,39,40). The molecule has 6 nitrogen and oxygen atoms in total. The summed E-state index contributed by atoms with van der Waals surface area (Å²) in [6.07, 6.45) is 0. The van der Waals surface area contributed by atoms with Gasteiger partial charge in [0.15, 0.2) is 0 Å². The second kappa shape index (κ2) is 10.5. The first-order valence-corrected chi connectivity index (χ1v) is 16.4. The minimum absolute atomic E-state index is 0.351. The summed E-state index contributed by atoms with van der Waals surface area (Å²) in [5.41, 5.74) is 10.3. The molecule has 2 bridgehead atoms. The van der Waals surface area contributed by atoms with Crippen LogP contribution < -0.4 is 0 Å². The van der Waals surface area contributed by atoms with Crippen molar-refractivity contribution in [2.45, 2.75) is 66.5 Å². The highest BCUT2D eigenvalue weighted by Crippen LogP contribution is 2.68. The molecule has 0 aromatic heterocycles. The summed E-state index contributed by atoms with van der Waals surface area (Å²) in [5.74, 6) is 0. The van der Waals surface area contributed by atoms with Crippen molar-refractivity contribution in [3.05, 3.63) is 140 Å². The number of hydrogen-bond donors (Lipinski definition) is 1. The molecule has 2 atom stereocenters. The maximum absolute atomic E-state index is 13.9. The van der Waals surface area contributed by atoms with Crippen LogP contribution in [0.2, 0.25) is 0 Å². The van der Waals surface area contributed by atoms with Gasteiger partial charge in [-0.1, -0.05) is 72.8 Å². The van der Waals surface area contributed by atoms with Gasteiger partial charge in [-0.3, -0.25) is 0 Å². The van der Waals surface area contributed by atoms with Crippen LogP contribution in [0.15, 0.2) is 72.8 Å². The highest BCUT2D eigenvalue weighted by atomic mass is 31.2. The van der Waals surface area contributed by atoms with Crippen molar-refractivity contribution in [3.8, 4) is 0 Å². The van der Waals surface area contributed by atoms with Gasteiger partial charge < -0.3 is 4.89 Å². The largest absolute Gasteiger partial charge is 0.505 e. The maximum Gasteiger partial charge on any atom is 0.505 e. The van der Waals surface area contributed by atoms with Crippen LogP contribution in [0.4, 0.5) is 0 Å². The third kappa shape index (κ3) is 4.16. The summed E-state index contributed by atoms with van der Waals surface area (Å²) in [6, 6.07) is 25.3. The molecule has 3 aliphatic rings. The van der Waals surface area contributed by atoms with Gasteiger partial charge in [0.05, 0.1) is 0 Å². The van der Waals surface area contributed by atoms with Gasteiger partial charge in [0.25, 0.3) is 0 Å². The highest BCUT2D eigenvalue weighted by Gasteiger charge is 2.71. The van der Waals surface area contributed by atoms with E-state index < -0.39 is 18.9 Å². The number of benzene rings is 4. The molecule has 0 radical (unpaired) electrons. The van der Waals surface area contributed by atoms with Crippen LogP contribution in [0, 0.1) is 55.4 Å². The Labute approximate surface area is 255 Å². The molecule has 4 aromatic rings. The van der Waals surface area contributed by atoms with Gasteiger partial charge in [-0.15, -0.1) is 0 Å². The molecule has 0 aliphatic carbocycles. The molecule has 7 heteroatoms. The van der Waals surface area contributed by atoms with E-state index in [9.17, 15) is 9.46 Å². The zero-order chi connectivity index (χ0) is 30.9. The third-order valence-corrected chi connectivity index (χ3v) is 10.4. The van der Waals surface area contributed by atoms with E-state index in [0.717, 1.165) is 66.8 Å². The van der Waals surface area contributed by atoms with Crippen molar-refractivity contribution in [1.29, 1.82) is 0 Å². The lowest BCUT2D eigenvalue weighted by atomic mass is 9.55. The van der Waals surface area contributed by atoms with Crippen molar-refractivity contribution in [2.75, 3.05) is 13.1 Å². The molecule has 3 aliphatic heterocycles. The Kier molecular flexibility index (Phi) is 7.33. The van der Waals surface area contributed by atoms with Crippen molar-refractivity contribution in [2.24, 2.45) is 0 Å². The number of nitrogens with zero attached hydrogens (tertiary/aromatic N) is 2. The molecule has 43 heavy (non-hydrogen) atoms. The Bertz CT molecular complexity index is 1490. The van der Waals surface area contributed by atoms with Gasteiger partial charge >= 0.3 is 7.82 Å². The van der Waals surface area contributed by atoms with Gasteiger partial charge in [0, 0.05) is 13.1 Å². The molecular weight excluding hydrogens is 555 g/mol. The van der Waals surface area contributed by atoms with Crippen molar-refractivity contribution >= 4 is 7.82 Å². The lowest BCUT2D eigenvalue weighted by molar-refractivity contribution is -0.239. The molecular formula is C36H41N2O4P. The number of piperazine rings is 1. The minimum Gasteiger partial charge on any atom is -0.300 e. The quantitative estimate of drug-likeness (QED) is 0.242. The molecule has 2 unspecified atom stereocenters. The van der Waals surface area contributed by atoms with E-state index in [0.29, 0.717) is 13.1 Å². The lowest BCUT2D eigenvalue weighted by Gasteiger charge is -2.62. The van der Waals surface area contributed by atoms with E-state index in [2.05, 4.69) is 128 Å². The molecule has 7 rings (SSSR count). The van der Waals surface area contributed by atoms with Gasteiger partial charge in [-0.05, 0) is 122 Å². The predicted octanol–water partition coefficient (Wildman–Crippen LogP) is 7.94. The highest BCUT2D eigenvalue weighted by molar-refractivity contribution is 7.47. The summed E-state index contributed by atoms with van der Waals surface area (Å²) < 4.78 is 26.5. The number of hydroxylamine groups is 4. The number of aryl methyl sites for hydroxylation is 8. The average molecular weight is 597 g/mol. The monoisotopic (exact) mass is 596 g/mol. The molecule has 0 amide bonds. The Morgan fingerprint density at radius 1 is 0.512 bits per heavy atom. The van der Waals surface area contributed by atoms with Crippen molar-refractivity contribution < 1.29 is 18.7 Å². The molecule has 224 valence electrons. The Morgan fingerprint density at radius 2 is 0.721 bits per heavy atom. The molecule has 0 spiro atoms. The molecule has 4 aromatic carbocycles. The Balaban J connectivity index is 2.04. The molecule has 3 heterocycles. The van der Waals surface area contributed by atoms with Gasteiger partial charge in [0.1, 0.15) is 11.1 Å². The number of phosphoric acid groups is 1. The smallest absolute Gasteiger partial charge is 0.300 e. The van der Waals surface area contributed by atoms with Gasteiger partial charge in [-0.25, -0.2) is 4.57 Å². The second-order valence-electron chi connectivity index (χ2n) is 12.3. The zero-order valence-electron chi connectivity index (χ0n) is 26.4. The van der Waals surface area contributed by atoms with Crippen LogP contribution in [-0.2, 0) is 24.9 Å². The van der Waals surface area contributed by atoms with E-state index in [4.69, 9.17) is 9.25 Å². The number of fused-ring (bicyclic) bond motifs is 4. The van der Waals surface area contributed by atoms with E-state index in [1.807, 2.05) is 0 Å².